The Hall–Kier alpha value is -1.41. The van der Waals surface area contributed by atoms with Crippen molar-refractivity contribution >= 4 is 20.8 Å². The average molecular weight is 317 g/mol. The fourth-order valence-corrected chi connectivity index (χ4v) is 6.35. The zero-order chi connectivity index (χ0) is 16.3. The molecule has 22 heavy (non-hydrogen) atoms. The molecular weight excluding hydrogens is 288 g/mol. The number of phenols is 1. The van der Waals surface area contributed by atoms with Gasteiger partial charge in [0, 0.05) is 10.5 Å². The molecule has 1 nitrogen and oxygen atoms in total. The van der Waals surface area contributed by atoms with Crippen molar-refractivity contribution in [2.45, 2.75) is 38.5 Å². The molecule has 120 valence electrons. The third-order valence-electron chi connectivity index (χ3n) is 4.61. The first kappa shape index (κ1) is 17.0. The van der Waals surface area contributed by atoms with Crippen molar-refractivity contribution in [3.63, 3.8) is 0 Å². The van der Waals surface area contributed by atoms with Crippen LogP contribution in [0.1, 0.15) is 39.2 Å². The van der Waals surface area contributed by atoms with Crippen molar-refractivity contribution in [2.24, 2.45) is 0 Å². The van der Waals surface area contributed by atoms with Crippen molar-refractivity contribution < 1.29 is 5.11 Å². The van der Waals surface area contributed by atoms with Gasteiger partial charge in [-0.1, -0.05) is 58.0 Å². The van der Waals surface area contributed by atoms with Gasteiger partial charge in [0.2, 0.25) is 0 Å². The summed E-state index contributed by atoms with van der Waals surface area (Å²) in [6.07, 6.45) is 2.02. The topological polar surface area (TPSA) is 20.2 Å². The first-order valence-electron chi connectivity index (χ1n) is 8.12. The van der Waals surface area contributed by atoms with Crippen LogP contribution in [0.3, 0.4) is 0 Å². The van der Waals surface area contributed by atoms with Gasteiger partial charge in [-0.05, 0) is 40.0 Å². The maximum atomic E-state index is 11.1. The molecule has 0 unspecified atom stereocenters. The minimum Gasteiger partial charge on any atom is -0.507 e. The van der Waals surface area contributed by atoms with E-state index in [0.717, 1.165) is 22.8 Å². The molecule has 0 saturated heterocycles. The molecule has 0 amide bonds. The largest absolute Gasteiger partial charge is 0.507 e. The van der Waals surface area contributed by atoms with E-state index in [1.54, 1.807) is 0 Å². The monoisotopic (exact) mass is 316 g/mol. The van der Waals surface area contributed by atoms with Crippen LogP contribution in [0.2, 0.25) is 0 Å². The van der Waals surface area contributed by atoms with E-state index in [1.807, 2.05) is 6.08 Å². The summed E-state index contributed by atoms with van der Waals surface area (Å²) in [7, 11) is -1.05. The van der Waals surface area contributed by atoms with E-state index in [4.69, 9.17) is 0 Å². The first-order chi connectivity index (χ1) is 10.5. The smallest absolute Gasteiger partial charge is 0.131 e. The number of phenolic OH excluding ortho intramolecular Hbond substituents is 1. The van der Waals surface area contributed by atoms with Gasteiger partial charge in [-0.15, -0.1) is 6.58 Å². The maximum absolute atomic E-state index is 11.1. The maximum Gasteiger partial charge on any atom is 0.131 e. The molecule has 0 radical (unpaired) electrons. The predicted molar refractivity (Wildman–Crippen MR) is 102 cm³/mol. The molecule has 0 spiro atoms. The summed E-state index contributed by atoms with van der Waals surface area (Å²) in [4.78, 5) is 1.17. The molecular formula is C20H28OS. The SMILES string of the molecule is C=CCS(CC)(CC)c1cc2ccccc2c(C(C)C)c1O. The summed E-state index contributed by atoms with van der Waals surface area (Å²) in [5.74, 6) is 3.97. The summed E-state index contributed by atoms with van der Waals surface area (Å²) in [6, 6.07) is 10.6. The van der Waals surface area contributed by atoms with Gasteiger partial charge in [-0.25, -0.2) is 10.0 Å². The van der Waals surface area contributed by atoms with E-state index in [1.165, 1.54) is 15.7 Å². The highest BCUT2D eigenvalue weighted by Gasteiger charge is 2.27. The molecule has 1 N–H and O–H groups in total. The van der Waals surface area contributed by atoms with Crippen molar-refractivity contribution in [1.29, 1.82) is 0 Å². The molecule has 2 heteroatoms. The molecule has 0 saturated carbocycles. The summed E-state index contributed by atoms with van der Waals surface area (Å²) >= 11 is 0. The Morgan fingerprint density at radius 3 is 2.36 bits per heavy atom. The minimum atomic E-state index is -1.05. The van der Waals surface area contributed by atoms with Gasteiger partial charge < -0.3 is 5.11 Å². The molecule has 2 aromatic rings. The Bertz CT molecular complexity index is 669. The molecule has 0 aliphatic carbocycles. The Kier molecular flexibility index (Phi) is 5.23. The standard InChI is InChI=1S/C20H28OS/c1-6-13-22(7-2,8-3)18-14-16-11-9-10-12-17(16)19(15(4)5)20(18)21/h6,9-12,14-15,21H,1,7-8,13H2,2-5H3. The molecule has 2 rings (SSSR count). The summed E-state index contributed by atoms with van der Waals surface area (Å²) in [5.41, 5.74) is 1.09. The molecule has 0 aromatic heterocycles. The van der Waals surface area contributed by atoms with Gasteiger partial charge in [-0.3, -0.25) is 0 Å². The molecule has 0 aliphatic rings. The number of fused-ring (bicyclic) bond motifs is 1. The molecule has 2 aromatic carbocycles. The number of aromatic hydroxyl groups is 1. The van der Waals surface area contributed by atoms with Gasteiger partial charge in [0.05, 0.1) is 0 Å². The predicted octanol–water partition coefficient (Wildman–Crippen LogP) is 6.06. The normalized spacial score (nSPS) is 12.8. The number of hydrogen-bond acceptors (Lipinski definition) is 1. The fraction of sp³-hybridized carbons (Fsp3) is 0.400. The zero-order valence-electron chi connectivity index (χ0n) is 14.2. The van der Waals surface area contributed by atoms with Crippen molar-refractivity contribution in [3.8, 4) is 5.75 Å². The van der Waals surface area contributed by atoms with Gasteiger partial charge in [-0.2, -0.15) is 0 Å². The van der Waals surface area contributed by atoms with Crippen LogP contribution in [0.4, 0.5) is 0 Å². The molecule has 0 aliphatic heterocycles. The van der Waals surface area contributed by atoms with Crippen LogP contribution in [0.25, 0.3) is 10.8 Å². The second-order valence-corrected chi connectivity index (χ2v) is 10.1. The average Bonchev–Trinajstić information content (AvgIpc) is 2.52. The number of hydrogen-bond donors (Lipinski definition) is 1. The Morgan fingerprint density at radius 1 is 1.18 bits per heavy atom. The third kappa shape index (κ3) is 2.77. The highest BCUT2D eigenvalue weighted by Crippen LogP contribution is 2.60. The van der Waals surface area contributed by atoms with Crippen LogP contribution in [0.15, 0.2) is 47.9 Å². The lowest BCUT2D eigenvalue weighted by Gasteiger charge is -2.39. The third-order valence-corrected chi connectivity index (χ3v) is 8.94. The highest BCUT2D eigenvalue weighted by atomic mass is 32.3. The van der Waals surface area contributed by atoms with E-state index >= 15 is 0 Å². The second kappa shape index (κ2) is 6.78. The minimum absolute atomic E-state index is 0.305. The summed E-state index contributed by atoms with van der Waals surface area (Å²) in [5, 5.41) is 13.5. The van der Waals surface area contributed by atoms with Crippen molar-refractivity contribution in [1.82, 2.24) is 0 Å². The fourth-order valence-electron chi connectivity index (χ4n) is 3.32. The lowest BCUT2D eigenvalue weighted by atomic mass is 9.95. The molecule has 0 heterocycles. The molecule has 0 atom stereocenters. The van der Waals surface area contributed by atoms with Crippen LogP contribution in [-0.2, 0) is 0 Å². The number of rotatable bonds is 6. The Morgan fingerprint density at radius 2 is 1.82 bits per heavy atom. The van der Waals surface area contributed by atoms with Gasteiger partial charge >= 0.3 is 0 Å². The molecule has 0 fully saturated rings. The van der Waals surface area contributed by atoms with E-state index in [9.17, 15) is 5.11 Å². The van der Waals surface area contributed by atoms with Gasteiger partial charge in [0.15, 0.2) is 0 Å². The summed E-state index contributed by atoms with van der Waals surface area (Å²) in [6.45, 7) is 12.8. The quantitative estimate of drug-likeness (QED) is 0.642. The number of benzene rings is 2. The van der Waals surface area contributed by atoms with Crippen LogP contribution < -0.4 is 0 Å². The van der Waals surface area contributed by atoms with Crippen LogP contribution in [0.5, 0.6) is 5.75 Å². The lowest BCUT2D eigenvalue weighted by Crippen LogP contribution is -2.11. The van der Waals surface area contributed by atoms with E-state index in [-0.39, 0.29) is 0 Å². The first-order valence-corrected chi connectivity index (χ1v) is 10.3. The Balaban J connectivity index is 2.84. The van der Waals surface area contributed by atoms with Gasteiger partial charge in [0.1, 0.15) is 5.75 Å². The van der Waals surface area contributed by atoms with E-state index < -0.39 is 10.0 Å². The molecule has 0 bridgehead atoms. The van der Waals surface area contributed by atoms with E-state index in [0.29, 0.717) is 11.7 Å². The Labute approximate surface area is 136 Å². The zero-order valence-corrected chi connectivity index (χ0v) is 15.0. The van der Waals surface area contributed by atoms with Gasteiger partial charge in [0.25, 0.3) is 0 Å². The lowest BCUT2D eigenvalue weighted by molar-refractivity contribution is 0.453. The van der Waals surface area contributed by atoms with Crippen LogP contribution in [0, 0.1) is 0 Å². The van der Waals surface area contributed by atoms with Crippen molar-refractivity contribution in [3.05, 3.63) is 48.6 Å². The summed E-state index contributed by atoms with van der Waals surface area (Å²) < 4.78 is 0. The highest BCUT2D eigenvalue weighted by molar-refractivity contribution is 8.33. The second-order valence-electron chi connectivity index (χ2n) is 6.09. The van der Waals surface area contributed by atoms with Crippen LogP contribution in [-0.4, -0.2) is 22.4 Å². The van der Waals surface area contributed by atoms with Crippen LogP contribution >= 0.6 is 10.0 Å². The van der Waals surface area contributed by atoms with Crippen molar-refractivity contribution in [2.75, 3.05) is 17.3 Å². The van der Waals surface area contributed by atoms with E-state index in [2.05, 4.69) is 64.6 Å².